The van der Waals surface area contributed by atoms with Crippen LogP contribution < -0.4 is 0 Å². The van der Waals surface area contributed by atoms with Crippen molar-refractivity contribution in [1.82, 2.24) is 14.8 Å². The highest BCUT2D eigenvalue weighted by atomic mass is 35.5. The van der Waals surface area contributed by atoms with Crippen molar-refractivity contribution in [2.45, 2.75) is 19.2 Å². The topological polar surface area (TPSA) is 36.4 Å². The van der Waals surface area contributed by atoms with Crippen molar-refractivity contribution in [2.24, 2.45) is 0 Å². The molecule has 0 atom stereocenters. The number of nitrogens with zero attached hydrogens (tertiary/aromatic N) is 3. The Morgan fingerprint density at radius 2 is 1.96 bits per heavy atom. The lowest BCUT2D eigenvalue weighted by Gasteiger charge is -2.34. The molecule has 0 N–H and O–H groups in total. The van der Waals surface area contributed by atoms with Gasteiger partial charge < -0.3 is 4.90 Å². The number of halogens is 1. The summed E-state index contributed by atoms with van der Waals surface area (Å²) in [7, 11) is 0. The van der Waals surface area contributed by atoms with Crippen molar-refractivity contribution in [3.63, 3.8) is 0 Å². The number of aromatic nitrogens is 1. The van der Waals surface area contributed by atoms with Crippen LogP contribution in [0, 0.1) is 6.92 Å². The van der Waals surface area contributed by atoms with Crippen molar-refractivity contribution in [3.8, 4) is 0 Å². The zero-order chi connectivity index (χ0) is 17.6. The maximum atomic E-state index is 12.4. The van der Waals surface area contributed by atoms with Crippen LogP contribution in [-0.2, 0) is 17.1 Å². The number of rotatable bonds is 6. The second-order valence-electron chi connectivity index (χ2n) is 6.13. The van der Waals surface area contributed by atoms with Crippen LogP contribution in [0.3, 0.4) is 0 Å². The molecule has 0 aliphatic carbocycles. The molecule has 0 unspecified atom stereocenters. The molecule has 3 rings (SSSR count). The molecule has 25 heavy (non-hydrogen) atoms. The molecule has 7 heteroatoms. The van der Waals surface area contributed by atoms with Crippen molar-refractivity contribution >= 4 is 40.6 Å². The van der Waals surface area contributed by atoms with Crippen molar-refractivity contribution in [3.05, 3.63) is 50.9 Å². The summed E-state index contributed by atoms with van der Waals surface area (Å²) in [5.41, 5.74) is 2.34. The lowest BCUT2D eigenvalue weighted by molar-refractivity contribution is -0.130. The van der Waals surface area contributed by atoms with E-state index in [9.17, 15) is 4.79 Å². The first-order valence-corrected chi connectivity index (χ1v) is 10.7. The second-order valence-corrected chi connectivity index (χ2v) is 8.62. The number of benzene rings is 1. The van der Waals surface area contributed by atoms with E-state index < -0.39 is 0 Å². The van der Waals surface area contributed by atoms with Crippen LogP contribution in [-0.4, -0.2) is 52.6 Å². The van der Waals surface area contributed by atoms with E-state index in [0.717, 1.165) is 54.2 Å². The Morgan fingerprint density at radius 1 is 1.24 bits per heavy atom. The van der Waals surface area contributed by atoms with Crippen LogP contribution in [0.4, 0.5) is 0 Å². The number of carbonyl (C=O) groups excluding carboxylic acids is 1. The molecule has 1 saturated heterocycles. The fraction of sp³-hybridized carbons (Fsp3) is 0.444. The Bertz CT molecular complexity index is 697. The molecule has 0 bridgehead atoms. The van der Waals surface area contributed by atoms with Gasteiger partial charge in [0.15, 0.2) is 0 Å². The lowest BCUT2D eigenvalue weighted by Crippen LogP contribution is -2.48. The highest BCUT2D eigenvalue weighted by Gasteiger charge is 2.21. The molecule has 0 saturated carbocycles. The van der Waals surface area contributed by atoms with Gasteiger partial charge in [-0.05, 0) is 24.6 Å². The van der Waals surface area contributed by atoms with E-state index in [1.807, 2.05) is 36.1 Å². The fourth-order valence-electron chi connectivity index (χ4n) is 2.79. The van der Waals surface area contributed by atoms with Gasteiger partial charge in [0.05, 0.1) is 16.5 Å². The summed E-state index contributed by atoms with van der Waals surface area (Å²) < 4.78 is 0. The highest BCUT2D eigenvalue weighted by molar-refractivity contribution is 7.99. The Kier molecular flexibility index (Phi) is 6.76. The maximum absolute atomic E-state index is 12.4. The number of piperazine rings is 1. The lowest BCUT2D eigenvalue weighted by atomic mass is 10.2. The minimum atomic E-state index is 0.239. The highest BCUT2D eigenvalue weighted by Crippen LogP contribution is 2.17. The summed E-state index contributed by atoms with van der Waals surface area (Å²) in [6, 6.07) is 7.81. The van der Waals surface area contributed by atoms with Crippen LogP contribution >= 0.6 is 34.7 Å². The molecule has 1 aliphatic heterocycles. The molecule has 1 aromatic heterocycles. The third-order valence-electron chi connectivity index (χ3n) is 4.18. The monoisotopic (exact) mass is 395 g/mol. The molecule has 1 amide bonds. The number of thioether (sulfide) groups is 1. The summed E-state index contributed by atoms with van der Waals surface area (Å²) in [5.74, 6) is 1.61. The number of carbonyl (C=O) groups is 1. The van der Waals surface area contributed by atoms with Gasteiger partial charge in [0.1, 0.15) is 0 Å². The SMILES string of the molecule is Cc1nc(CN2CCN(C(=O)CSCc3ccc(Cl)cc3)CC2)cs1. The minimum Gasteiger partial charge on any atom is -0.339 e. The van der Waals surface area contributed by atoms with E-state index >= 15 is 0 Å². The first kappa shape index (κ1) is 18.7. The quantitative estimate of drug-likeness (QED) is 0.747. The number of aryl methyl sites for hydroxylation is 1. The van der Waals surface area contributed by atoms with Crippen LogP contribution in [0.15, 0.2) is 29.6 Å². The standard InChI is InChI=1S/C18H22ClN3OS2/c1-14-20-17(12-25-14)10-21-6-8-22(9-7-21)18(23)13-24-11-15-2-4-16(19)5-3-15/h2-5,12H,6-11,13H2,1H3. The molecular formula is C18H22ClN3OS2. The summed E-state index contributed by atoms with van der Waals surface area (Å²) in [4.78, 5) is 21.2. The maximum Gasteiger partial charge on any atom is 0.232 e. The zero-order valence-corrected chi connectivity index (χ0v) is 16.7. The second kappa shape index (κ2) is 9.03. The molecule has 0 radical (unpaired) electrons. The number of amides is 1. The van der Waals surface area contributed by atoms with Gasteiger partial charge in [0, 0.05) is 48.9 Å². The first-order chi connectivity index (χ1) is 12.1. The Balaban J connectivity index is 1.37. The van der Waals surface area contributed by atoms with Gasteiger partial charge in [-0.3, -0.25) is 9.69 Å². The summed E-state index contributed by atoms with van der Waals surface area (Å²) in [6.07, 6.45) is 0. The molecule has 0 spiro atoms. The van der Waals surface area contributed by atoms with E-state index in [-0.39, 0.29) is 5.91 Å². The summed E-state index contributed by atoms with van der Waals surface area (Å²) in [6.45, 7) is 6.38. The van der Waals surface area contributed by atoms with Gasteiger partial charge in [-0.25, -0.2) is 4.98 Å². The normalized spacial score (nSPS) is 15.5. The number of thiazole rings is 1. The van der Waals surface area contributed by atoms with Crippen LogP contribution in [0.5, 0.6) is 0 Å². The third-order valence-corrected chi connectivity index (χ3v) is 6.25. The number of hydrogen-bond acceptors (Lipinski definition) is 5. The van der Waals surface area contributed by atoms with Crippen molar-refractivity contribution in [1.29, 1.82) is 0 Å². The minimum absolute atomic E-state index is 0.239. The molecular weight excluding hydrogens is 374 g/mol. The largest absolute Gasteiger partial charge is 0.339 e. The predicted octanol–water partition coefficient (Wildman–Crippen LogP) is 3.68. The van der Waals surface area contributed by atoms with E-state index in [2.05, 4.69) is 15.3 Å². The van der Waals surface area contributed by atoms with Gasteiger partial charge in [-0.1, -0.05) is 23.7 Å². The Morgan fingerprint density at radius 3 is 2.60 bits per heavy atom. The Hall–Kier alpha value is -1.08. The number of hydrogen-bond donors (Lipinski definition) is 0. The first-order valence-electron chi connectivity index (χ1n) is 8.33. The van der Waals surface area contributed by atoms with Crippen molar-refractivity contribution in [2.75, 3.05) is 31.9 Å². The third kappa shape index (κ3) is 5.71. The van der Waals surface area contributed by atoms with Gasteiger partial charge in [-0.2, -0.15) is 0 Å². The fourth-order valence-corrected chi connectivity index (χ4v) is 4.41. The summed E-state index contributed by atoms with van der Waals surface area (Å²) in [5, 5.41) is 3.98. The van der Waals surface area contributed by atoms with Crippen molar-refractivity contribution < 1.29 is 4.79 Å². The average molecular weight is 396 g/mol. The molecule has 1 aromatic carbocycles. The van der Waals surface area contributed by atoms with E-state index in [4.69, 9.17) is 11.6 Å². The van der Waals surface area contributed by atoms with Gasteiger partial charge in [0.25, 0.3) is 0 Å². The van der Waals surface area contributed by atoms with Gasteiger partial charge >= 0.3 is 0 Å². The molecule has 1 fully saturated rings. The molecule has 2 aromatic rings. The van der Waals surface area contributed by atoms with Gasteiger partial charge in [0.2, 0.25) is 5.91 Å². The van der Waals surface area contributed by atoms with Crippen LogP contribution in [0.25, 0.3) is 0 Å². The van der Waals surface area contributed by atoms with Crippen LogP contribution in [0.1, 0.15) is 16.3 Å². The average Bonchev–Trinajstić information content (AvgIpc) is 3.02. The summed E-state index contributed by atoms with van der Waals surface area (Å²) >= 11 is 9.24. The Labute approximate surface area is 162 Å². The predicted molar refractivity (Wildman–Crippen MR) is 106 cm³/mol. The van der Waals surface area contributed by atoms with E-state index in [1.54, 1.807) is 23.1 Å². The van der Waals surface area contributed by atoms with E-state index in [0.29, 0.717) is 5.75 Å². The molecule has 1 aliphatic rings. The van der Waals surface area contributed by atoms with E-state index in [1.165, 1.54) is 5.56 Å². The molecule has 4 nitrogen and oxygen atoms in total. The van der Waals surface area contributed by atoms with Crippen LogP contribution in [0.2, 0.25) is 5.02 Å². The van der Waals surface area contributed by atoms with Gasteiger partial charge in [-0.15, -0.1) is 23.1 Å². The zero-order valence-electron chi connectivity index (χ0n) is 14.3. The molecule has 2 heterocycles. The smallest absolute Gasteiger partial charge is 0.232 e. The molecule has 134 valence electrons.